The molecule has 3 heteroatoms. The summed E-state index contributed by atoms with van der Waals surface area (Å²) in [6.07, 6.45) is 2.09. The molecular formula is C49H57NSi2. The van der Waals surface area contributed by atoms with Crippen molar-refractivity contribution >= 4 is 26.5 Å². The van der Waals surface area contributed by atoms with Crippen molar-refractivity contribution in [1.82, 2.24) is 4.98 Å². The molecule has 0 fully saturated rings. The highest BCUT2D eigenvalue weighted by molar-refractivity contribution is 6.89. The zero-order chi connectivity index (χ0) is 37.6. The van der Waals surface area contributed by atoms with Crippen molar-refractivity contribution in [3.05, 3.63) is 139 Å². The first-order valence-corrected chi connectivity index (χ1v) is 25.9. The summed E-state index contributed by atoms with van der Waals surface area (Å²) in [5, 5.41) is 2.94. The molecule has 0 saturated heterocycles. The van der Waals surface area contributed by atoms with Gasteiger partial charge in [-0.1, -0.05) is 194 Å². The van der Waals surface area contributed by atoms with Gasteiger partial charge in [-0.25, -0.2) is 0 Å². The molecule has 1 nitrogen and oxygen atoms in total. The van der Waals surface area contributed by atoms with Crippen molar-refractivity contribution in [2.75, 3.05) is 0 Å². The second-order valence-corrected chi connectivity index (χ2v) is 28.9. The number of hydrogen-bond donors (Lipinski definition) is 0. The second-order valence-electron chi connectivity index (χ2n) is 18.7. The van der Waals surface area contributed by atoms with E-state index < -0.39 is 16.1 Å². The van der Waals surface area contributed by atoms with E-state index in [1.54, 1.807) is 0 Å². The van der Waals surface area contributed by atoms with Gasteiger partial charge in [-0.3, -0.25) is 4.98 Å². The van der Waals surface area contributed by atoms with Crippen LogP contribution in [0.5, 0.6) is 0 Å². The van der Waals surface area contributed by atoms with E-state index in [2.05, 4.69) is 208 Å². The van der Waals surface area contributed by atoms with Crippen LogP contribution in [-0.2, 0) is 10.8 Å². The third-order valence-corrected chi connectivity index (χ3v) is 14.5. The third-order valence-electron chi connectivity index (χ3n) is 10.4. The molecular weight excluding hydrogens is 659 g/mol. The van der Waals surface area contributed by atoms with Gasteiger partial charge in [0, 0.05) is 17.3 Å². The van der Waals surface area contributed by atoms with Crippen LogP contribution in [0.15, 0.2) is 128 Å². The minimum absolute atomic E-state index is 0.0652. The molecule has 52 heavy (non-hydrogen) atoms. The predicted molar refractivity (Wildman–Crippen MR) is 235 cm³/mol. The van der Waals surface area contributed by atoms with E-state index in [0.29, 0.717) is 0 Å². The number of pyridine rings is 1. The minimum atomic E-state index is -1.43. The summed E-state index contributed by atoms with van der Waals surface area (Å²) in [4.78, 5) is 5.09. The highest BCUT2D eigenvalue weighted by Crippen LogP contribution is 2.38. The fourth-order valence-corrected chi connectivity index (χ4v) is 9.11. The van der Waals surface area contributed by atoms with E-state index in [9.17, 15) is 0 Å². The largest absolute Gasteiger partial charge is 0.256 e. The average Bonchev–Trinajstić information content (AvgIpc) is 3.10. The summed E-state index contributed by atoms with van der Waals surface area (Å²) in [5.41, 5.74) is 14.7. The topological polar surface area (TPSA) is 12.9 Å². The standard InChI is InChI=1S/C49H57NSi2/c1-48(2,3)41-29-40(30-42(31-41)49(4,5)6)38-17-13-15-36(27-38)37-16-14-18-39(28-37)46-33-50-47(35-21-25-44(26-22-35)52(10,11)12)32-45(46)34-19-23-43(24-20-34)51(7,8)9/h13-33H,1-12H3. The normalized spacial score (nSPS) is 12.6. The molecule has 0 amide bonds. The molecule has 6 rings (SSSR count). The summed E-state index contributed by atoms with van der Waals surface area (Å²) in [7, 11) is -2.82. The van der Waals surface area contributed by atoms with Gasteiger partial charge in [0.15, 0.2) is 0 Å². The zero-order valence-corrected chi connectivity index (χ0v) is 35.6. The summed E-state index contributed by atoms with van der Waals surface area (Å²) < 4.78 is 0. The van der Waals surface area contributed by atoms with E-state index in [1.165, 1.54) is 60.4 Å². The molecule has 266 valence electrons. The lowest BCUT2D eigenvalue weighted by atomic mass is 9.79. The first-order chi connectivity index (χ1) is 24.3. The number of benzene rings is 5. The molecule has 1 aromatic heterocycles. The molecule has 0 spiro atoms. The van der Waals surface area contributed by atoms with E-state index >= 15 is 0 Å². The van der Waals surface area contributed by atoms with Gasteiger partial charge in [0.25, 0.3) is 0 Å². The van der Waals surface area contributed by atoms with E-state index in [4.69, 9.17) is 4.98 Å². The molecule has 0 aliphatic carbocycles. The van der Waals surface area contributed by atoms with Gasteiger partial charge in [0.1, 0.15) is 0 Å². The van der Waals surface area contributed by atoms with Gasteiger partial charge in [-0.2, -0.15) is 0 Å². The Balaban J connectivity index is 1.44. The van der Waals surface area contributed by atoms with Crippen LogP contribution >= 0.6 is 0 Å². The van der Waals surface area contributed by atoms with Crippen LogP contribution in [0.4, 0.5) is 0 Å². The Kier molecular flexibility index (Phi) is 10.0. The predicted octanol–water partition coefficient (Wildman–Crippen LogP) is 13.1. The summed E-state index contributed by atoms with van der Waals surface area (Å²) in [5.74, 6) is 0. The molecule has 0 unspecified atom stereocenters. The Labute approximate surface area is 316 Å². The SMILES string of the molecule is CC(C)(C)c1cc(-c2cccc(-c3cccc(-c4cnc(-c5ccc([Si](C)(C)C)cc5)cc4-c4ccc([Si](C)(C)C)cc4)c3)c2)cc(C(C)(C)C)c1. The van der Waals surface area contributed by atoms with Crippen LogP contribution in [0.1, 0.15) is 52.7 Å². The lowest BCUT2D eigenvalue weighted by Gasteiger charge is -2.26. The van der Waals surface area contributed by atoms with Gasteiger partial charge < -0.3 is 0 Å². The molecule has 0 aliphatic rings. The maximum absolute atomic E-state index is 5.09. The quantitative estimate of drug-likeness (QED) is 0.150. The van der Waals surface area contributed by atoms with Crippen LogP contribution < -0.4 is 10.4 Å². The molecule has 5 aromatic carbocycles. The summed E-state index contributed by atoms with van der Waals surface area (Å²) in [6, 6.07) is 45.9. The van der Waals surface area contributed by atoms with Crippen molar-refractivity contribution < 1.29 is 0 Å². The third kappa shape index (κ3) is 8.32. The van der Waals surface area contributed by atoms with Gasteiger partial charge in [0.2, 0.25) is 0 Å². The molecule has 0 bridgehead atoms. The summed E-state index contributed by atoms with van der Waals surface area (Å²) in [6.45, 7) is 28.3. The molecule has 0 atom stereocenters. The second kappa shape index (κ2) is 13.9. The molecule has 0 N–H and O–H groups in total. The Morgan fingerprint density at radius 2 is 0.808 bits per heavy atom. The Hall–Kier alpha value is -4.32. The molecule has 1 heterocycles. The number of hydrogen-bond acceptors (Lipinski definition) is 1. The van der Waals surface area contributed by atoms with Gasteiger partial charge in [0.05, 0.1) is 21.8 Å². The molecule has 0 radical (unpaired) electrons. The molecule has 0 aliphatic heterocycles. The van der Waals surface area contributed by atoms with E-state index in [0.717, 1.165) is 16.8 Å². The van der Waals surface area contributed by atoms with Crippen LogP contribution in [0.25, 0.3) is 55.8 Å². The average molecular weight is 716 g/mol. The van der Waals surface area contributed by atoms with Crippen molar-refractivity contribution in [2.45, 2.75) is 91.7 Å². The van der Waals surface area contributed by atoms with E-state index in [1.807, 2.05) is 0 Å². The first-order valence-electron chi connectivity index (χ1n) is 18.9. The highest BCUT2D eigenvalue weighted by atomic mass is 28.3. The monoisotopic (exact) mass is 715 g/mol. The molecule has 6 aromatic rings. The van der Waals surface area contributed by atoms with Crippen molar-refractivity contribution in [2.24, 2.45) is 0 Å². The number of rotatable bonds is 7. The van der Waals surface area contributed by atoms with Crippen LogP contribution in [0, 0.1) is 0 Å². The van der Waals surface area contributed by atoms with E-state index in [-0.39, 0.29) is 10.8 Å². The Bertz CT molecular complexity index is 2170. The maximum atomic E-state index is 5.09. The minimum Gasteiger partial charge on any atom is -0.256 e. The van der Waals surface area contributed by atoms with Gasteiger partial charge in [-0.15, -0.1) is 0 Å². The summed E-state index contributed by atoms with van der Waals surface area (Å²) >= 11 is 0. The lowest BCUT2D eigenvalue weighted by molar-refractivity contribution is 0.569. The van der Waals surface area contributed by atoms with Crippen molar-refractivity contribution in [3.8, 4) is 55.8 Å². The zero-order valence-electron chi connectivity index (χ0n) is 33.6. The molecule has 0 saturated carbocycles. The highest BCUT2D eigenvalue weighted by Gasteiger charge is 2.22. The Morgan fingerprint density at radius 1 is 0.385 bits per heavy atom. The van der Waals surface area contributed by atoms with Gasteiger partial charge in [-0.05, 0) is 79.1 Å². The smallest absolute Gasteiger partial charge is 0.0775 e. The number of aromatic nitrogens is 1. The van der Waals surface area contributed by atoms with Crippen molar-refractivity contribution in [1.29, 1.82) is 0 Å². The van der Waals surface area contributed by atoms with Gasteiger partial charge >= 0.3 is 0 Å². The van der Waals surface area contributed by atoms with Crippen molar-refractivity contribution in [3.63, 3.8) is 0 Å². The number of nitrogens with zero attached hydrogens (tertiary/aromatic N) is 1. The fraction of sp³-hybridized carbons (Fsp3) is 0.286. The van der Waals surface area contributed by atoms with Crippen LogP contribution in [0.2, 0.25) is 39.3 Å². The maximum Gasteiger partial charge on any atom is 0.0775 e. The van der Waals surface area contributed by atoms with Crippen LogP contribution in [-0.4, -0.2) is 21.1 Å². The Morgan fingerprint density at radius 3 is 1.27 bits per heavy atom. The fourth-order valence-electron chi connectivity index (χ4n) is 6.78. The first kappa shape index (κ1) is 37.4. The lowest BCUT2D eigenvalue weighted by Crippen LogP contribution is -2.37. The van der Waals surface area contributed by atoms with Crippen LogP contribution in [0.3, 0.4) is 0 Å².